The third-order valence-electron chi connectivity index (χ3n) is 4.95. The van der Waals surface area contributed by atoms with Crippen molar-refractivity contribution in [3.8, 4) is 16.9 Å². The highest BCUT2D eigenvalue weighted by atomic mass is 19.4. The van der Waals surface area contributed by atoms with Gasteiger partial charge in [-0.2, -0.15) is 13.2 Å². The van der Waals surface area contributed by atoms with Crippen LogP contribution >= 0.6 is 0 Å². The van der Waals surface area contributed by atoms with Crippen molar-refractivity contribution in [2.24, 2.45) is 0 Å². The van der Waals surface area contributed by atoms with Gasteiger partial charge in [0.2, 0.25) is 5.91 Å². The minimum absolute atomic E-state index is 0.0384. The highest BCUT2D eigenvalue weighted by Gasteiger charge is 2.62. The summed E-state index contributed by atoms with van der Waals surface area (Å²) in [5.41, 5.74) is 1.39. The van der Waals surface area contributed by atoms with Gasteiger partial charge < -0.3 is 15.2 Å². The molecule has 0 radical (unpaired) electrons. The maximum atomic E-state index is 14.1. The number of carbonyl (C=O) groups excluding carboxylic acids is 1. The second-order valence-electron chi connectivity index (χ2n) is 7.12. The van der Waals surface area contributed by atoms with Gasteiger partial charge in [-0.25, -0.2) is 0 Å². The van der Waals surface area contributed by atoms with Crippen molar-refractivity contribution < 1.29 is 27.8 Å². The smallest absolute Gasteiger partial charge is 0.448 e. The molecule has 0 spiro atoms. The predicted molar refractivity (Wildman–Crippen MR) is 110 cm³/mol. The highest BCUT2D eigenvalue weighted by Crippen LogP contribution is 2.48. The van der Waals surface area contributed by atoms with Gasteiger partial charge in [-0.15, -0.1) is 0 Å². The van der Waals surface area contributed by atoms with E-state index in [1.165, 1.54) is 6.07 Å². The fourth-order valence-electron chi connectivity index (χ4n) is 3.57. The first-order valence-corrected chi connectivity index (χ1v) is 9.46. The van der Waals surface area contributed by atoms with Crippen LogP contribution in [0.5, 0.6) is 5.75 Å². The van der Waals surface area contributed by atoms with Crippen molar-refractivity contribution in [3.63, 3.8) is 0 Å². The average molecular weight is 425 g/mol. The maximum absolute atomic E-state index is 14.1. The molecule has 0 aliphatic carbocycles. The van der Waals surface area contributed by atoms with E-state index in [1.54, 1.807) is 42.5 Å². The summed E-state index contributed by atoms with van der Waals surface area (Å²) in [6.45, 7) is 1.07. The Bertz CT molecular complexity index is 1160. The molecule has 0 saturated heterocycles. The van der Waals surface area contributed by atoms with Gasteiger partial charge in [-0.1, -0.05) is 66.7 Å². The number of hydrogen-bond acceptors (Lipinski definition) is 3. The van der Waals surface area contributed by atoms with Gasteiger partial charge >= 0.3 is 12.0 Å². The third-order valence-corrected chi connectivity index (χ3v) is 4.95. The second kappa shape index (κ2) is 7.59. The first-order chi connectivity index (χ1) is 14.7. The van der Waals surface area contributed by atoms with Crippen LogP contribution in [-0.2, 0) is 4.79 Å². The Balaban J connectivity index is 2.01. The molecule has 1 atom stereocenters. The van der Waals surface area contributed by atoms with E-state index in [0.29, 0.717) is 16.7 Å². The minimum Gasteiger partial charge on any atom is -0.448 e. The first-order valence-electron chi connectivity index (χ1n) is 9.46. The molecule has 0 fully saturated rings. The number of carbonyl (C=O) groups is 1. The molecule has 1 heterocycles. The van der Waals surface area contributed by atoms with Crippen molar-refractivity contribution >= 4 is 11.5 Å². The lowest BCUT2D eigenvalue weighted by atomic mass is 9.88. The van der Waals surface area contributed by atoms with Crippen LogP contribution in [0.25, 0.3) is 16.7 Å². The molecule has 2 N–H and O–H groups in total. The SMILES string of the molecule is CC(=O)NC1=C(c2ccccc2)c2ccc(-c3ccccc3)cc2OC1(O)C(F)(F)F. The van der Waals surface area contributed by atoms with Gasteiger partial charge in [0.25, 0.3) is 0 Å². The molecule has 158 valence electrons. The fraction of sp³-hybridized carbons (Fsp3) is 0.125. The van der Waals surface area contributed by atoms with E-state index in [9.17, 15) is 23.1 Å². The van der Waals surface area contributed by atoms with Crippen molar-refractivity contribution in [1.29, 1.82) is 0 Å². The molecule has 4 rings (SSSR count). The predicted octanol–water partition coefficient (Wildman–Crippen LogP) is 4.89. The van der Waals surface area contributed by atoms with Crippen molar-refractivity contribution in [2.75, 3.05) is 0 Å². The molecule has 0 bridgehead atoms. The molecule has 1 unspecified atom stereocenters. The van der Waals surface area contributed by atoms with Gasteiger partial charge in [0.05, 0.1) is 0 Å². The summed E-state index contributed by atoms with van der Waals surface area (Å²) in [5, 5.41) is 12.9. The van der Waals surface area contributed by atoms with E-state index in [-0.39, 0.29) is 11.3 Å². The van der Waals surface area contributed by atoms with Crippen LogP contribution in [-0.4, -0.2) is 23.0 Å². The summed E-state index contributed by atoms with van der Waals surface area (Å²) in [6, 6.07) is 22.2. The van der Waals surface area contributed by atoms with Crippen molar-refractivity contribution in [3.05, 3.63) is 95.7 Å². The molecule has 1 aliphatic rings. The van der Waals surface area contributed by atoms with Crippen LogP contribution in [0.15, 0.2) is 84.6 Å². The number of hydrogen-bond donors (Lipinski definition) is 2. The monoisotopic (exact) mass is 425 g/mol. The summed E-state index contributed by atoms with van der Waals surface area (Å²) in [6.07, 6.45) is -5.22. The molecule has 3 aromatic rings. The summed E-state index contributed by atoms with van der Waals surface area (Å²) in [5.74, 6) is -4.64. The maximum Gasteiger partial charge on any atom is 0.462 e. The number of amides is 1. The van der Waals surface area contributed by atoms with Crippen LogP contribution in [0.3, 0.4) is 0 Å². The van der Waals surface area contributed by atoms with Gasteiger partial charge in [-0.05, 0) is 28.8 Å². The average Bonchev–Trinajstić information content (AvgIpc) is 2.74. The van der Waals surface area contributed by atoms with Gasteiger partial charge in [-0.3, -0.25) is 4.79 Å². The van der Waals surface area contributed by atoms with E-state index in [0.717, 1.165) is 12.5 Å². The molecule has 1 aliphatic heterocycles. The Labute approximate surface area is 176 Å². The zero-order chi connectivity index (χ0) is 22.2. The van der Waals surface area contributed by atoms with Crippen molar-refractivity contribution in [1.82, 2.24) is 5.32 Å². The van der Waals surface area contributed by atoms with Gasteiger partial charge in [0.1, 0.15) is 11.4 Å². The summed E-state index contributed by atoms with van der Waals surface area (Å²) >= 11 is 0. The molecule has 0 saturated carbocycles. The molecule has 0 aromatic heterocycles. The zero-order valence-electron chi connectivity index (χ0n) is 16.4. The van der Waals surface area contributed by atoms with Crippen LogP contribution in [0.1, 0.15) is 18.1 Å². The Morgan fingerprint density at radius 2 is 1.48 bits per heavy atom. The van der Waals surface area contributed by atoms with E-state index < -0.39 is 23.6 Å². The number of alkyl halides is 3. The number of aliphatic hydroxyl groups is 1. The molecule has 7 heteroatoms. The van der Waals surface area contributed by atoms with Crippen LogP contribution < -0.4 is 10.1 Å². The normalized spacial score (nSPS) is 18.2. The van der Waals surface area contributed by atoms with E-state index in [4.69, 9.17) is 4.74 Å². The Morgan fingerprint density at radius 1 is 0.903 bits per heavy atom. The number of halogens is 3. The quantitative estimate of drug-likeness (QED) is 0.628. The summed E-state index contributed by atoms with van der Waals surface area (Å²) < 4.78 is 47.4. The van der Waals surface area contributed by atoms with Crippen LogP contribution in [0.4, 0.5) is 13.2 Å². The van der Waals surface area contributed by atoms with Gasteiger partial charge in [0.15, 0.2) is 0 Å². The number of fused-ring (bicyclic) bond motifs is 1. The zero-order valence-corrected chi connectivity index (χ0v) is 16.4. The topological polar surface area (TPSA) is 58.6 Å². The minimum atomic E-state index is -5.22. The summed E-state index contributed by atoms with van der Waals surface area (Å²) in [4.78, 5) is 11.8. The molecule has 31 heavy (non-hydrogen) atoms. The van der Waals surface area contributed by atoms with Crippen LogP contribution in [0, 0.1) is 0 Å². The lowest BCUT2D eigenvalue weighted by molar-refractivity contribution is -0.318. The standard InChI is InChI=1S/C24H18F3NO3/c1-15(29)28-22-21(17-10-6-3-7-11-17)19-13-12-18(16-8-4-2-5-9-16)14-20(19)31-23(22,30)24(25,26)27/h2-14,30H,1H3,(H,28,29). The number of benzene rings is 3. The second-order valence-corrected chi connectivity index (χ2v) is 7.12. The van der Waals surface area contributed by atoms with Gasteiger partial charge in [0, 0.05) is 18.1 Å². The molecule has 3 aromatic carbocycles. The van der Waals surface area contributed by atoms with Crippen molar-refractivity contribution in [2.45, 2.75) is 18.9 Å². The van der Waals surface area contributed by atoms with E-state index >= 15 is 0 Å². The van der Waals surface area contributed by atoms with E-state index in [2.05, 4.69) is 5.32 Å². The lowest BCUT2D eigenvalue weighted by Gasteiger charge is -2.38. The Kier molecular flexibility index (Phi) is 5.07. The number of nitrogens with one attached hydrogen (secondary N) is 1. The highest BCUT2D eigenvalue weighted by molar-refractivity contribution is 5.91. The van der Waals surface area contributed by atoms with Crippen LogP contribution in [0.2, 0.25) is 0 Å². The molecule has 4 nitrogen and oxygen atoms in total. The largest absolute Gasteiger partial charge is 0.462 e. The number of rotatable bonds is 3. The Morgan fingerprint density at radius 3 is 2.03 bits per heavy atom. The third kappa shape index (κ3) is 3.68. The number of ether oxygens (including phenoxy) is 1. The molecular weight excluding hydrogens is 407 g/mol. The summed E-state index contributed by atoms with van der Waals surface area (Å²) in [7, 11) is 0. The van der Waals surface area contributed by atoms with E-state index in [1.807, 2.05) is 30.3 Å². The lowest BCUT2D eigenvalue weighted by Crippen LogP contribution is -2.57. The first kappa shape index (κ1) is 20.7. The molecule has 1 amide bonds. The Hall–Kier alpha value is -3.58. The molecular formula is C24H18F3NO3. The fourth-order valence-corrected chi connectivity index (χ4v) is 3.57.